The molecule has 166 valence electrons. The van der Waals surface area contributed by atoms with Gasteiger partial charge in [-0.1, -0.05) is 48.2 Å². The van der Waals surface area contributed by atoms with E-state index < -0.39 is 0 Å². The van der Waals surface area contributed by atoms with Gasteiger partial charge in [-0.15, -0.1) is 11.3 Å². The lowest BCUT2D eigenvalue weighted by Gasteiger charge is -2.13. The highest BCUT2D eigenvalue weighted by Gasteiger charge is 2.19. The van der Waals surface area contributed by atoms with Crippen LogP contribution in [0, 0.1) is 13.8 Å². The van der Waals surface area contributed by atoms with Gasteiger partial charge in [0.05, 0.1) is 12.3 Å². The lowest BCUT2D eigenvalue weighted by Crippen LogP contribution is -2.24. The molecular formula is C25H21N3O3S2. The van der Waals surface area contributed by atoms with E-state index in [1.165, 1.54) is 11.8 Å². The number of carbonyl (C=O) groups is 1. The minimum atomic E-state index is -0.248. The molecule has 0 radical (unpaired) electrons. The highest BCUT2D eigenvalue weighted by Crippen LogP contribution is 2.28. The predicted molar refractivity (Wildman–Crippen MR) is 134 cm³/mol. The van der Waals surface area contributed by atoms with Gasteiger partial charge < -0.3 is 9.73 Å². The second-order valence-corrected chi connectivity index (χ2v) is 9.72. The van der Waals surface area contributed by atoms with Crippen LogP contribution in [0.5, 0.6) is 0 Å². The number of furan rings is 1. The Morgan fingerprint density at radius 3 is 2.64 bits per heavy atom. The number of carbonyl (C=O) groups excluding carboxylic acids is 1. The standard InChI is InChI=1S/C25H21N3O3S2/c1-15-7-5-8-16(2)21(15)26-20(29)14-33-25-27-22-18-10-3-4-11-19(18)31-23(22)24(30)28(25)13-17-9-6-12-32-17/h3-12H,13-14H2,1-2H3,(H,26,29). The van der Waals surface area contributed by atoms with Gasteiger partial charge >= 0.3 is 0 Å². The smallest absolute Gasteiger partial charge is 0.298 e. The van der Waals surface area contributed by atoms with Crippen molar-refractivity contribution in [2.45, 2.75) is 25.5 Å². The maximum Gasteiger partial charge on any atom is 0.298 e. The fraction of sp³-hybridized carbons (Fsp3) is 0.160. The Balaban J connectivity index is 1.50. The van der Waals surface area contributed by atoms with E-state index in [1.807, 2.05) is 73.8 Å². The number of thiophene rings is 1. The molecule has 0 saturated heterocycles. The van der Waals surface area contributed by atoms with Crippen molar-refractivity contribution in [1.82, 2.24) is 9.55 Å². The van der Waals surface area contributed by atoms with Crippen molar-refractivity contribution >= 4 is 56.8 Å². The number of para-hydroxylation sites is 2. The van der Waals surface area contributed by atoms with E-state index in [0.717, 1.165) is 27.1 Å². The van der Waals surface area contributed by atoms with E-state index in [-0.39, 0.29) is 22.8 Å². The summed E-state index contributed by atoms with van der Waals surface area (Å²) >= 11 is 2.82. The summed E-state index contributed by atoms with van der Waals surface area (Å²) in [6, 6.07) is 17.3. The number of thioether (sulfide) groups is 1. The molecule has 3 aromatic heterocycles. The van der Waals surface area contributed by atoms with Gasteiger partial charge in [0.2, 0.25) is 11.5 Å². The Morgan fingerprint density at radius 2 is 1.88 bits per heavy atom. The second-order valence-electron chi connectivity index (χ2n) is 7.74. The van der Waals surface area contributed by atoms with Gasteiger partial charge in [0.15, 0.2) is 5.16 Å². The third kappa shape index (κ3) is 4.19. The van der Waals surface area contributed by atoms with Crippen LogP contribution in [0.2, 0.25) is 0 Å². The molecule has 1 amide bonds. The SMILES string of the molecule is Cc1cccc(C)c1NC(=O)CSc1nc2c(oc3ccccc32)c(=O)n1Cc1cccs1. The average Bonchev–Trinajstić information content (AvgIpc) is 3.45. The monoisotopic (exact) mass is 475 g/mol. The summed E-state index contributed by atoms with van der Waals surface area (Å²) in [5.41, 5.74) is 3.97. The number of nitrogens with one attached hydrogen (secondary N) is 1. The van der Waals surface area contributed by atoms with Crippen molar-refractivity contribution in [3.8, 4) is 0 Å². The molecule has 0 atom stereocenters. The maximum atomic E-state index is 13.4. The molecule has 5 rings (SSSR count). The zero-order chi connectivity index (χ0) is 22.9. The molecule has 0 aliphatic heterocycles. The topological polar surface area (TPSA) is 77.1 Å². The van der Waals surface area contributed by atoms with E-state index in [1.54, 1.807) is 15.9 Å². The molecule has 0 fully saturated rings. The number of hydrogen-bond donors (Lipinski definition) is 1. The molecule has 33 heavy (non-hydrogen) atoms. The Bertz CT molecular complexity index is 1510. The maximum absolute atomic E-state index is 13.4. The lowest BCUT2D eigenvalue weighted by atomic mass is 10.1. The lowest BCUT2D eigenvalue weighted by molar-refractivity contribution is -0.113. The van der Waals surface area contributed by atoms with Crippen molar-refractivity contribution in [3.63, 3.8) is 0 Å². The summed E-state index contributed by atoms with van der Waals surface area (Å²) in [5.74, 6) is -0.0159. The fourth-order valence-corrected chi connectivity index (χ4v) is 5.26. The van der Waals surface area contributed by atoms with Crippen molar-refractivity contribution in [2.24, 2.45) is 0 Å². The summed E-state index contributed by atoms with van der Waals surface area (Å²) in [5, 5.41) is 6.25. The molecule has 0 aliphatic rings. The summed E-state index contributed by atoms with van der Waals surface area (Å²) in [4.78, 5) is 32.0. The zero-order valence-electron chi connectivity index (χ0n) is 18.1. The molecule has 8 heteroatoms. The molecule has 3 heterocycles. The highest BCUT2D eigenvalue weighted by molar-refractivity contribution is 7.99. The highest BCUT2D eigenvalue weighted by atomic mass is 32.2. The van der Waals surface area contributed by atoms with E-state index in [2.05, 4.69) is 5.32 Å². The minimum Gasteiger partial charge on any atom is -0.448 e. The molecule has 1 N–H and O–H groups in total. The summed E-state index contributed by atoms with van der Waals surface area (Å²) in [6.45, 7) is 4.30. The van der Waals surface area contributed by atoms with Gasteiger partial charge in [0.1, 0.15) is 11.1 Å². The van der Waals surface area contributed by atoms with Crippen LogP contribution in [0.4, 0.5) is 5.69 Å². The molecule has 0 saturated carbocycles. The Hall–Kier alpha value is -3.36. The van der Waals surface area contributed by atoms with E-state index in [9.17, 15) is 9.59 Å². The van der Waals surface area contributed by atoms with Crippen LogP contribution in [0.15, 0.2) is 74.3 Å². The van der Waals surface area contributed by atoms with Crippen molar-refractivity contribution in [2.75, 3.05) is 11.1 Å². The summed E-state index contributed by atoms with van der Waals surface area (Å²) < 4.78 is 7.44. The van der Waals surface area contributed by atoms with Crippen LogP contribution in [0.1, 0.15) is 16.0 Å². The van der Waals surface area contributed by atoms with Gasteiger partial charge in [-0.3, -0.25) is 14.2 Å². The summed E-state index contributed by atoms with van der Waals surface area (Å²) in [6.07, 6.45) is 0. The third-order valence-corrected chi connectivity index (χ3v) is 7.26. The number of fused-ring (bicyclic) bond motifs is 3. The first kappa shape index (κ1) is 21.5. The molecule has 0 spiro atoms. The van der Waals surface area contributed by atoms with Gasteiger partial charge in [0.25, 0.3) is 5.56 Å². The number of rotatable bonds is 6. The van der Waals surface area contributed by atoms with E-state index >= 15 is 0 Å². The first-order valence-electron chi connectivity index (χ1n) is 10.4. The number of hydrogen-bond acceptors (Lipinski definition) is 6. The minimum absolute atomic E-state index is 0.131. The third-order valence-electron chi connectivity index (χ3n) is 5.42. The van der Waals surface area contributed by atoms with E-state index in [0.29, 0.717) is 22.8 Å². The van der Waals surface area contributed by atoms with Gasteiger partial charge in [0, 0.05) is 16.0 Å². The molecule has 0 unspecified atom stereocenters. The predicted octanol–water partition coefficient (Wildman–Crippen LogP) is 5.60. The van der Waals surface area contributed by atoms with Crippen LogP contribution in [-0.2, 0) is 11.3 Å². The molecule has 2 aromatic carbocycles. The quantitative estimate of drug-likeness (QED) is 0.255. The van der Waals surface area contributed by atoms with Crippen LogP contribution >= 0.6 is 23.1 Å². The van der Waals surface area contributed by atoms with Gasteiger partial charge in [-0.05, 0) is 48.6 Å². The number of aryl methyl sites for hydroxylation is 2. The Labute approximate surface area is 198 Å². The van der Waals surface area contributed by atoms with Gasteiger partial charge in [-0.25, -0.2) is 4.98 Å². The van der Waals surface area contributed by atoms with Crippen LogP contribution in [0.25, 0.3) is 22.1 Å². The molecule has 5 aromatic rings. The molecule has 0 bridgehead atoms. The average molecular weight is 476 g/mol. The van der Waals surface area contributed by atoms with E-state index in [4.69, 9.17) is 9.40 Å². The number of aromatic nitrogens is 2. The summed E-state index contributed by atoms with van der Waals surface area (Å²) in [7, 11) is 0. The van der Waals surface area contributed by atoms with Gasteiger partial charge in [-0.2, -0.15) is 0 Å². The van der Waals surface area contributed by atoms with Crippen LogP contribution < -0.4 is 10.9 Å². The van der Waals surface area contributed by atoms with Crippen molar-refractivity contribution in [1.29, 1.82) is 0 Å². The Morgan fingerprint density at radius 1 is 1.09 bits per heavy atom. The van der Waals surface area contributed by atoms with Crippen molar-refractivity contribution in [3.05, 3.63) is 86.3 Å². The van der Waals surface area contributed by atoms with Crippen LogP contribution in [0.3, 0.4) is 0 Å². The molecule has 6 nitrogen and oxygen atoms in total. The Kier molecular flexibility index (Phi) is 5.78. The van der Waals surface area contributed by atoms with Crippen molar-refractivity contribution < 1.29 is 9.21 Å². The number of nitrogens with zero attached hydrogens (tertiary/aromatic N) is 2. The number of benzene rings is 2. The first-order chi connectivity index (χ1) is 16.0. The molecular weight excluding hydrogens is 454 g/mol. The fourth-order valence-electron chi connectivity index (χ4n) is 3.78. The second kappa shape index (κ2) is 8.88. The zero-order valence-corrected chi connectivity index (χ0v) is 19.8. The first-order valence-corrected chi connectivity index (χ1v) is 12.3. The van der Waals surface area contributed by atoms with Crippen LogP contribution in [-0.4, -0.2) is 21.2 Å². The number of amides is 1. The largest absolute Gasteiger partial charge is 0.448 e. The normalized spacial score (nSPS) is 11.3. The molecule has 0 aliphatic carbocycles. The number of anilines is 1.